The summed E-state index contributed by atoms with van der Waals surface area (Å²) in [6.07, 6.45) is -0.446. The van der Waals surface area contributed by atoms with Gasteiger partial charge in [0.15, 0.2) is 0 Å². The Morgan fingerprint density at radius 2 is 2.04 bits per heavy atom. The second kappa shape index (κ2) is 9.91. The van der Waals surface area contributed by atoms with E-state index in [-0.39, 0.29) is 5.91 Å². The van der Waals surface area contributed by atoms with E-state index in [2.05, 4.69) is 10.6 Å². The van der Waals surface area contributed by atoms with Crippen LogP contribution in [0.5, 0.6) is 5.75 Å². The summed E-state index contributed by atoms with van der Waals surface area (Å²) in [5.41, 5.74) is 1.73. The number of ether oxygens (including phenoxy) is 3. The first kappa shape index (κ1) is 18.4. The second-order valence-corrected chi connectivity index (χ2v) is 5.97. The maximum Gasteiger partial charge on any atom is 0.254 e. The lowest BCUT2D eigenvalue weighted by atomic mass is 10.2. The molecule has 1 amide bonds. The minimum Gasteiger partial charge on any atom is -0.491 e. The van der Waals surface area contributed by atoms with Crippen molar-refractivity contribution in [2.24, 2.45) is 0 Å². The van der Waals surface area contributed by atoms with Gasteiger partial charge in [0.25, 0.3) is 5.91 Å². The molecule has 0 saturated carbocycles. The fourth-order valence-corrected chi connectivity index (χ4v) is 2.62. The summed E-state index contributed by atoms with van der Waals surface area (Å²) in [5, 5.41) is 6.04. The zero-order chi connectivity index (χ0) is 18.0. The van der Waals surface area contributed by atoms with E-state index in [1.54, 1.807) is 0 Å². The summed E-state index contributed by atoms with van der Waals surface area (Å²) in [5.74, 6) is 0.701. The summed E-state index contributed by atoms with van der Waals surface area (Å²) in [7, 11) is 0. The largest absolute Gasteiger partial charge is 0.491 e. The molecule has 3 rings (SSSR count). The molecular weight excluding hydrogens is 332 g/mol. The monoisotopic (exact) mass is 356 g/mol. The van der Waals surface area contributed by atoms with Crippen LogP contribution in [0.15, 0.2) is 54.6 Å². The lowest BCUT2D eigenvalue weighted by Crippen LogP contribution is -2.45. The van der Waals surface area contributed by atoms with Gasteiger partial charge in [0.1, 0.15) is 18.5 Å². The molecule has 0 radical (unpaired) electrons. The second-order valence-electron chi connectivity index (χ2n) is 5.97. The van der Waals surface area contributed by atoms with Crippen molar-refractivity contribution in [2.45, 2.75) is 12.7 Å². The van der Waals surface area contributed by atoms with E-state index in [1.807, 2.05) is 54.6 Å². The van der Waals surface area contributed by atoms with Gasteiger partial charge in [-0.25, -0.2) is 0 Å². The standard InChI is InChI=1S/C20H24N2O4/c23-20(19-14-21-9-10-26-19)22-17-6-4-5-16(13-17)15-24-11-12-25-18-7-2-1-3-8-18/h1-8,13,19,21H,9-12,14-15H2,(H,22,23). The fraction of sp³-hybridized carbons (Fsp3) is 0.350. The number of anilines is 1. The van der Waals surface area contributed by atoms with E-state index in [0.29, 0.717) is 33.0 Å². The normalized spacial score (nSPS) is 16.8. The van der Waals surface area contributed by atoms with Crippen LogP contribution in [0.3, 0.4) is 0 Å². The van der Waals surface area contributed by atoms with E-state index in [1.165, 1.54) is 0 Å². The summed E-state index contributed by atoms with van der Waals surface area (Å²) >= 11 is 0. The van der Waals surface area contributed by atoms with Gasteiger partial charge in [-0.05, 0) is 29.8 Å². The molecule has 1 saturated heterocycles. The smallest absolute Gasteiger partial charge is 0.254 e. The van der Waals surface area contributed by atoms with Gasteiger partial charge in [-0.15, -0.1) is 0 Å². The van der Waals surface area contributed by atoms with Crippen LogP contribution in [-0.2, 0) is 20.9 Å². The van der Waals surface area contributed by atoms with Crippen molar-refractivity contribution >= 4 is 11.6 Å². The molecule has 1 atom stereocenters. The highest BCUT2D eigenvalue weighted by atomic mass is 16.5. The number of carbonyl (C=O) groups excluding carboxylic acids is 1. The number of hydrogen-bond donors (Lipinski definition) is 2. The molecule has 1 unspecified atom stereocenters. The highest BCUT2D eigenvalue weighted by Gasteiger charge is 2.21. The molecule has 6 nitrogen and oxygen atoms in total. The summed E-state index contributed by atoms with van der Waals surface area (Å²) < 4.78 is 16.7. The number of rotatable bonds is 8. The van der Waals surface area contributed by atoms with E-state index in [0.717, 1.165) is 23.5 Å². The molecule has 1 aliphatic heterocycles. The molecule has 6 heteroatoms. The van der Waals surface area contributed by atoms with Gasteiger partial charge in [0.2, 0.25) is 0 Å². The number of carbonyl (C=O) groups is 1. The van der Waals surface area contributed by atoms with Crippen LogP contribution >= 0.6 is 0 Å². The molecule has 1 fully saturated rings. The molecule has 0 aliphatic carbocycles. The maximum absolute atomic E-state index is 12.2. The third-order valence-electron chi connectivity index (χ3n) is 3.92. The molecule has 2 N–H and O–H groups in total. The Labute approximate surface area is 153 Å². The van der Waals surface area contributed by atoms with Crippen LogP contribution in [-0.4, -0.2) is 44.9 Å². The first-order chi connectivity index (χ1) is 12.8. The number of para-hydroxylation sites is 1. The zero-order valence-corrected chi connectivity index (χ0v) is 14.6. The highest BCUT2D eigenvalue weighted by molar-refractivity contribution is 5.94. The van der Waals surface area contributed by atoms with E-state index >= 15 is 0 Å². The third kappa shape index (κ3) is 5.84. The number of morpholine rings is 1. The van der Waals surface area contributed by atoms with Crippen molar-refractivity contribution in [2.75, 3.05) is 38.2 Å². The maximum atomic E-state index is 12.2. The van der Waals surface area contributed by atoms with Gasteiger partial charge in [-0.3, -0.25) is 4.79 Å². The summed E-state index contributed by atoms with van der Waals surface area (Å²) in [4.78, 5) is 12.2. The van der Waals surface area contributed by atoms with Gasteiger partial charge in [0, 0.05) is 18.8 Å². The minimum absolute atomic E-state index is 0.133. The number of benzene rings is 2. The van der Waals surface area contributed by atoms with E-state index in [4.69, 9.17) is 14.2 Å². The van der Waals surface area contributed by atoms with Gasteiger partial charge in [0.05, 0.1) is 19.8 Å². The molecule has 1 heterocycles. The van der Waals surface area contributed by atoms with Crippen LogP contribution in [0.4, 0.5) is 5.69 Å². The van der Waals surface area contributed by atoms with Gasteiger partial charge in [-0.2, -0.15) is 0 Å². The molecule has 0 spiro atoms. The van der Waals surface area contributed by atoms with Crippen LogP contribution in [0.1, 0.15) is 5.56 Å². The SMILES string of the molecule is O=C(Nc1cccc(COCCOc2ccccc2)c1)C1CNCCO1. The topological polar surface area (TPSA) is 68.8 Å². The highest BCUT2D eigenvalue weighted by Crippen LogP contribution is 2.13. The molecule has 26 heavy (non-hydrogen) atoms. The Hall–Kier alpha value is -2.41. The van der Waals surface area contributed by atoms with Crippen molar-refractivity contribution in [3.05, 3.63) is 60.2 Å². The molecule has 2 aromatic rings. The average Bonchev–Trinajstić information content (AvgIpc) is 2.69. The number of hydrogen-bond acceptors (Lipinski definition) is 5. The Morgan fingerprint density at radius 3 is 2.85 bits per heavy atom. The Balaban J connectivity index is 1.40. The van der Waals surface area contributed by atoms with Crippen molar-refractivity contribution in [3.63, 3.8) is 0 Å². The molecule has 2 aromatic carbocycles. The lowest BCUT2D eigenvalue weighted by Gasteiger charge is -2.22. The number of nitrogens with one attached hydrogen (secondary N) is 2. The van der Waals surface area contributed by atoms with Gasteiger partial charge >= 0.3 is 0 Å². The Morgan fingerprint density at radius 1 is 1.15 bits per heavy atom. The van der Waals surface area contributed by atoms with Crippen LogP contribution in [0.25, 0.3) is 0 Å². The van der Waals surface area contributed by atoms with Crippen molar-refractivity contribution in [3.8, 4) is 5.75 Å². The third-order valence-corrected chi connectivity index (χ3v) is 3.92. The van der Waals surface area contributed by atoms with Crippen molar-refractivity contribution < 1.29 is 19.0 Å². The van der Waals surface area contributed by atoms with Crippen LogP contribution in [0.2, 0.25) is 0 Å². The van der Waals surface area contributed by atoms with E-state index in [9.17, 15) is 4.79 Å². The quantitative estimate of drug-likeness (QED) is 0.710. The zero-order valence-electron chi connectivity index (χ0n) is 14.6. The molecular formula is C20H24N2O4. The molecule has 0 aromatic heterocycles. The molecule has 1 aliphatic rings. The fourth-order valence-electron chi connectivity index (χ4n) is 2.62. The number of amides is 1. The van der Waals surface area contributed by atoms with E-state index < -0.39 is 6.10 Å². The first-order valence-electron chi connectivity index (χ1n) is 8.79. The Kier molecular flexibility index (Phi) is 7.01. The predicted octanol–water partition coefficient (Wildman–Crippen LogP) is 2.21. The summed E-state index contributed by atoms with van der Waals surface area (Å²) in [6.45, 7) is 3.32. The van der Waals surface area contributed by atoms with Gasteiger partial charge in [-0.1, -0.05) is 30.3 Å². The average molecular weight is 356 g/mol. The van der Waals surface area contributed by atoms with Crippen LogP contribution in [0, 0.1) is 0 Å². The predicted molar refractivity (Wildman–Crippen MR) is 99.3 cm³/mol. The molecule has 0 bridgehead atoms. The van der Waals surface area contributed by atoms with Crippen molar-refractivity contribution in [1.29, 1.82) is 0 Å². The Bertz CT molecular complexity index is 687. The molecule has 138 valence electrons. The lowest BCUT2D eigenvalue weighted by molar-refractivity contribution is -0.128. The minimum atomic E-state index is -0.446. The first-order valence-corrected chi connectivity index (χ1v) is 8.79. The van der Waals surface area contributed by atoms with Crippen LogP contribution < -0.4 is 15.4 Å². The summed E-state index contributed by atoms with van der Waals surface area (Å²) in [6, 6.07) is 17.3. The van der Waals surface area contributed by atoms with Gasteiger partial charge < -0.3 is 24.8 Å². The van der Waals surface area contributed by atoms with Crippen molar-refractivity contribution in [1.82, 2.24) is 5.32 Å².